The normalized spacial score (nSPS) is 10.9. The molecule has 3 nitrogen and oxygen atoms in total. The Balaban J connectivity index is 2.20. The SMILES string of the molecule is CC(C)Cc1ccc(-c2cc(C(=O)Cl)on2)cc1. The molecule has 94 valence electrons. The number of carbonyl (C=O) groups is 1. The molecule has 18 heavy (non-hydrogen) atoms. The van der Waals surface area contributed by atoms with Crippen molar-refractivity contribution in [1.82, 2.24) is 5.16 Å². The summed E-state index contributed by atoms with van der Waals surface area (Å²) < 4.78 is 4.84. The third-order valence-electron chi connectivity index (χ3n) is 2.60. The van der Waals surface area contributed by atoms with Crippen molar-refractivity contribution in [1.29, 1.82) is 0 Å². The lowest BCUT2D eigenvalue weighted by atomic mass is 10.0. The molecule has 0 bridgehead atoms. The van der Waals surface area contributed by atoms with Crippen molar-refractivity contribution in [3.63, 3.8) is 0 Å². The lowest BCUT2D eigenvalue weighted by Gasteiger charge is -2.04. The topological polar surface area (TPSA) is 43.1 Å². The Kier molecular flexibility index (Phi) is 3.82. The van der Waals surface area contributed by atoms with E-state index in [4.69, 9.17) is 16.1 Å². The van der Waals surface area contributed by atoms with Gasteiger partial charge in [0.15, 0.2) is 0 Å². The number of halogens is 1. The maximum atomic E-state index is 10.9. The van der Waals surface area contributed by atoms with Crippen LogP contribution in [-0.2, 0) is 6.42 Å². The number of aromatic nitrogens is 1. The predicted molar refractivity (Wildman–Crippen MR) is 70.7 cm³/mol. The summed E-state index contributed by atoms with van der Waals surface area (Å²) in [5.41, 5.74) is 2.82. The van der Waals surface area contributed by atoms with Crippen molar-refractivity contribution >= 4 is 16.8 Å². The maximum absolute atomic E-state index is 10.9. The van der Waals surface area contributed by atoms with Crippen LogP contribution in [0.2, 0.25) is 0 Å². The van der Waals surface area contributed by atoms with Gasteiger partial charge in [0, 0.05) is 11.6 Å². The average molecular weight is 264 g/mol. The Bertz CT molecular complexity index is 543. The van der Waals surface area contributed by atoms with Gasteiger partial charge in [-0.15, -0.1) is 0 Å². The Morgan fingerprint density at radius 1 is 1.33 bits per heavy atom. The van der Waals surface area contributed by atoms with E-state index in [1.165, 1.54) is 5.56 Å². The predicted octanol–water partition coefficient (Wildman–Crippen LogP) is 3.92. The molecule has 0 unspecified atom stereocenters. The number of rotatable bonds is 4. The van der Waals surface area contributed by atoms with Crippen LogP contribution in [0.15, 0.2) is 34.9 Å². The first-order valence-corrected chi connectivity index (χ1v) is 6.20. The summed E-state index contributed by atoms with van der Waals surface area (Å²) in [6, 6.07) is 9.61. The molecule has 1 aromatic heterocycles. The molecule has 0 saturated carbocycles. The van der Waals surface area contributed by atoms with E-state index in [1.54, 1.807) is 6.07 Å². The Labute approximate surface area is 111 Å². The molecule has 0 radical (unpaired) electrons. The number of hydrogen-bond donors (Lipinski definition) is 0. The molecule has 0 fully saturated rings. The smallest absolute Gasteiger partial charge is 0.290 e. The Morgan fingerprint density at radius 3 is 2.50 bits per heavy atom. The van der Waals surface area contributed by atoms with Crippen molar-refractivity contribution in [2.45, 2.75) is 20.3 Å². The third-order valence-corrected chi connectivity index (χ3v) is 2.78. The third kappa shape index (κ3) is 2.99. The van der Waals surface area contributed by atoms with E-state index in [-0.39, 0.29) is 5.76 Å². The summed E-state index contributed by atoms with van der Waals surface area (Å²) in [6.07, 6.45) is 1.05. The maximum Gasteiger partial charge on any atom is 0.290 e. The molecule has 0 spiro atoms. The number of nitrogens with zero attached hydrogens (tertiary/aromatic N) is 1. The molecule has 2 rings (SSSR count). The van der Waals surface area contributed by atoms with Crippen LogP contribution < -0.4 is 0 Å². The Hall–Kier alpha value is -1.61. The zero-order valence-corrected chi connectivity index (χ0v) is 11.1. The van der Waals surface area contributed by atoms with E-state index in [2.05, 4.69) is 31.1 Å². The molecular formula is C14H14ClNO2. The molecule has 0 amide bonds. The quantitative estimate of drug-likeness (QED) is 0.785. The van der Waals surface area contributed by atoms with Crippen molar-refractivity contribution < 1.29 is 9.32 Å². The fourth-order valence-electron chi connectivity index (χ4n) is 1.79. The molecule has 0 saturated heterocycles. The molecule has 1 aromatic carbocycles. The van der Waals surface area contributed by atoms with Gasteiger partial charge in [-0.3, -0.25) is 4.79 Å². The van der Waals surface area contributed by atoms with Gasteiger partial charge < -0.3 is 4.52 Å². The zero-order chi connectivity index (χ0) is 13.1. The van der Waals surface area contributed by atoms with E-state index in [0.29, 0.717) is 11.6 Å². The Morgan fingerprint density at radius 2 is 2.00 bits per heavy atom. The second-order valence-electron chi connectivity index (χ2n) is 4.65. The average Bonchev–Trinajstić information content (AvgIpc) is 2.78. The highest BCUT2D eigenvalue weighted by molar-refractivity contribution is 6.67. The van der Waals surface area contributed by atoms with Gasteiger partial charge in [0.05, 0.1) is 0 Å². The largest absolute Gasteiger partial charge is 0.351 e. The van der Waals surface area contributed by atoms with E-state index >= 15 is 0 Å². The van der Waals surface area contributed by atoms with Crippen LogP contribution in [0.5, 0.6) is 0 Å². The summed E-state index contributed by atoms with van der Waals surface area (Å²) in [6.45, 7) is 4.37. The monoisotopic (exact) mass is 263 g/mol. The highest BCUT2D eigenvalue weighted by atomic mass is 35.5. The lowest BCUT2D eigenvalue weighted by Crippen LogP contribution is -1.93. The highest BCUT2D eigenvalue weighted by Crippen LogP contribution is 2.21. The summed E-state index contributed by atoms with van der Waals surface area (Å²) in [4.78, 5) is 10.9. The fourth-order valence-corrected chi connectivity index (χ4v) is 1.88. The second kappa shape index (κ2) is 5.36. The minimum Gasteiger partial charge on any atom is -0.351 e. The molecule has 0 aliphatic heterocycles. The first kappa shape index (κ1) is 12.8. The summed E-state index contributed by atoms with van der Waals surface area (Å²) in [5.74, 6) is 0.696. The van der Waals surface area contributed by atoms with Crippen LogP contribution in [0.4, 0.5) is 0 Å². The molecular weight excluding hydrogens is 250 g/mol. The molecule has 0 aliphatic carbocycles. The van der Waals surface area contributed by atoms with Crippen molar-refractivity contribution in [2.75, 3.05) is 0 Å². The van der Waals surface area contributed by atoms with Gasteiger partial charge in [-0.2, -0.15) is 0 Å². The second-order valence-corrected chi connectivity index (χ2v) is 4.99. The lowest BCUT2D eigenvalue weighted by molar-refractivity contribution is 0.104. The summed E-state index contributed by atoms with van der Waals surface area (Å²) >= 11 is 5.31. The molecule has 4 heteroatoms. The van der Waals surface area contributed by atoms with Crippen LogP contribution >= 0.6 is 11.6 Å². The van der Waals surface area contributed by atoms with Gasteiger partial charge in [0.2, 0.25) is 5.76 Å². The number of hydrogen-bond acceptors (Lipinski definition) is 3. The minimum absolute atomic E-state index is 0.0675. The standard InChI is InChI=1S/C14H14ClNO2/c1-9(2)7-10-3-5-11(6-4-10)12-8-13(14(15)17)18-16-12/h3-6,8-9H,7H2,1-2H3. The van der Waals surface area contributed by atoms with E-state index < -0.39 is 5.24 Å². The minimum atomic E-state index is -0.634. The van der Waals surface area contributed by atoms with E-state index in [1.807, 2.05) is 12.1 Å². The number of carbonyl (C=O) groups excluding carboxylic acids is 1. The highest BCUT2D eigenvalue weighted by Gasteiger charge is 2.11. The van der Waals surface area contributed by atoms with Gasteiger partial charge in [-0.1, -0.05) is 43.3 Å². The van der Waals surface area contributed by atoms with Crippen LogP contribution in [0.1, 0.15) is 30.0 Å². The van der Waals surface area contributed by atoms with Crippen LogP contribution in [0.25, 0.3) is 11.3 Å². The van der Waals surface area contributed by atoms with Crippen molar-refractivity contribution in [3.8, 4) is 11.3 Å². The molecule has 0 atom stereocenters. The van der Waals surface area contributed by atoms with Crippen molar-refractivity contribution in [2.24, 2.45) is 5.92 Å². The van der Waals surface area contributed by atoms with Crippen molar-refractivity contribution in [3.05, 3.63) is 41.7 Å². The van der Waals surface area contributed by atoms with Gasteiger partial charge in [-0.05, 0) is 29.5 Å². The molecule has 0 aliphatic rings. The number of benzene rings is 1. The van der Waals surface area contributed by atoms with Gasteiger partial charge in [0.1, 0.15) is 5.69 Å². The zero-order valence-electron chi connectivity index (χ0n) is 10.3. The van der Waals surface area contributed by atoms with Crippen LogP contribution in [0.3, 0.4) is 0 Å². The van der Waals surface area contributed by atoms with Gasteiger partial charge in [-0.25, -0.2) is 0 Å². The van der Waals surface area contributed by atoms with E-state index in [0.717, 1.165) is 12.0 Å². The van der Waals surface area contributed by atoms with Crippen LogP contribution in [0, 0.1) is 5.92 Å². The molecule has 2 aromatic rings. The van der Waals surface area contributed by atoms with Gasteiger partial charge in [0.25, 0.3) is 5.24 Å². The summed E-state index contributed by atoms with van der Waals surface area (Å²) in [5, 5.41) is 3.18. The molecule has 0 N–H and O–H groups in total. The first-order valence-electron chi connectivity index (χ1n) is 5.82. The van der Waals surface area contributed by atoms with Crippen LogP contribution in [-0.4, -0.2) is 10.4 Å². The summed E-state index contributed by atoms with van der Waals surface area (Å²) in [7, 11) is 0. The van der Waals surface area contributed by atoms with Gasteiger partial charge >= 0.3 is 0 Å². The van der Waals surface area contributed by atoms with E-state index in [9.17, 15) is 4.79 Å². The fraction of sp³-hybridized carbons (Fsp3) is 0.286. The molecule has 1 heterocycles. The first-order chi connectivity index (χ1) is 8.56.